The largest absolute Gasteiger partial charge is 0.375 e. The van der Waals surface area contributed by atoms with Crippen LogP contribution in [0.5, 0.6) is 0 Å². The van der Waals surface area contributed by atoms with Gasteiger partial charge in [-0.25, -0.2) is 0 Å². The van der Waals surface area contributed by atoms with Gasteiger partial charge in [0.05, 0.1) is 5.60 Å². The summed E-state index contributed by atoms with van der Waals surface area (Å²) >= 11 is 0. The number of rotatable bonds is 3. The number of aromatic nitrogens is 1. The van der Waals surface area contributed by atoms with Crippen LogP contribution in [0.15, 0.2) is 10.6 Å². The molecule has 0 aromatic carbocycles. The first-order chi connectivity index (χ1) is 9.03. The molecule has 5 nitrogen and oxygen atoms in total. The molecule has 1 atom stereocenters. The van der Waals surface area contributed by atoms with Gasteiger partial charge >= 0.3 is 0 Å². The maximum atomic E-state index is 12.1. The lowest BCUT2D eigenvalue weighted by molar-refractivity contribution is -0.0615. The van der Waals surface area contributed by atoms with Crippen LogP contribution in [0.1, 0.15) is 61.7 Å². The molecule has 2 heterocycles. The molecule has 1 saturated carbocycles. The van der Waals surface area contributed by atoms with Gasteiger partial charge in [0.1, 0.15) is 5.76 Å². The quantitative estimate of drug-likeness (QED) is 0.909. The standard InChI is InChI=1S/C14H20N2O3/c1-14(2)8-10(5-6-18-14)15-13(17)11-7-12(19-16-11)9-3-4-9/h7,9-10H,3-6,8H2,1-2H3,(H,15,17). The molecule has 1 saturated heterocycles. The Balaban J connectivity index is 1.60. The Morgan fingerprint density at radius 2 is 2.21 bits per heavy atom. The monoisotopic (exact) mass is 264 g/mol. The van der Waals surface area contributed by atoms with Gasteiger partial charge in [0, 0.05) is 24.6 Å². The van der Waals surface area contributed by atoms with E-state index in [4.69, 9.17) is 9.26 Å². The van der Waals surface area contributed by atoms with Crippen molar-refractivity contribution in [2.24, 2.45) is 0 Å². The van der Waals surface area contributed by atoms with Crippen LogP contribution in [0.2, 0.25) is 0 Å². The van der Waals surface area contributed by atoms with Crippen LogP contribution < -0.4 is 5.32 Å². The highest BCUT2D eigenvalue weighted by Crippen LogP contribution is 2.40. The Morgan fingerprint density at radius 1 is 1.42 bits per heavy atom. The van der Waals surface area contributed by atoms with E-state index < -0.39 is 0 Å². The maximum Gasteiger partial charge on any atom is 0.273 e. The molecule has 0 radical (unpaired) electrons. The van der Waals surface area contributed by atoms with Gasteiger partial charge in [-0.15, -0.1) is 0 Å². The van der Waals surface area contributed by atoms with Gasteiger partial charge in [-0.2, -0.15) is 0 Å². The van der Waals surface area contributed by atoms with Crippen molar-refractivity contribution in [2.75, 3.05) is 6.61 Å². The van der Waals surface area contributed by atoms with Crippen molar-refractivity contribution >= 4 is 5.91 Å². The summed E-state index contributed by atoms with van der Waals surface area (Å²) in [5, 5.41) is 6.88. The van der Waals surface area contributed by atoms with Crippen molar-refractivity contribution < 1.29 is 14.1 Å². The molecule has 1 N–H and O–H groups in total. The summed E-state index contributed by atoms with van der Waals surface area (Å²) in [5.41, 5.74) is 0.227. The molecule has 104 valence electrons. The van der Waals surface area contributed by atoms with Gasteiger partial charge in [0.25, 0.3) is 5.91 Å². The molecule has 0 bridgehead atoms. The molecule has 19 heavy (non-hydrogen) atoms. The molecule has 5 heteroatoms. The van der Waals surface area contributed by atoms with E-state index in [-0.39, 0.29) is 17.6 Å². The van der Waals surface area contributed by atoms with Crippen molar-refractivity contribution in [2.45, 2.75) is 57.1 Å². The van der Waals surface area contributed by atoms with Crippen LogP contribution >= 0.6 is 0 Å². The number of carbonyl (C=O) groups excluding carboxylic acids is 1. The average molecular weight is 264 g/mol. The van der Waals surface area contributed by atoms with Crippen LogP contribution in [-0.2, 0) is 4.74 Å². The Labute approximate surface area is 112 Å². The van der Waals surface area contributed by atoms with Crippen LogP contribution in [0.3, 0.4) is 0 Å². The van der Waals surface area contributed by atoms with E-state index in [1.165, 1.54) is 0 Å². The number of amides is 1. The molecular weight excluding hydrogens is 244 g/mol. The Morgan fingerprint density at radius 3 is 2.89 bits per heavy atom. The lowest BCUT2D eigenvalue weighted by Crippen LogP contribution is -2.45. The smallest absolute Gasteiger partial charge is 0.273 e. The molecule has 2 aliphatic rings. The van der Waals surface area contributed by atoms with Crippen LogP contribution in [0, 0.1) is 0 Å². The zero-order valence-electron chi connectivity index (χ0n) is 11.4. The van der Waals surface area contributed by atoms with Gasteiger partial charge in [0.15, 0.2) is 5.69 Å². The summed E-state index contributed by atoms with van der Waals surface area (Å²) < 4.78 is 10.8. The predicted molar refractivity (Wildman–Crippen MR) is 69.0 cm³/mol. The summed E-state index contributed by atoms with van der Waals surface area (Å²) in [7, 11) is 0. The molecule has 1 aromatic rings. The van der Waals surface area contributed by atoms with Crippen LogP contribution in [0.25, 0.3) is 0 Å². The Hall–Kier alpha value is -1.36. The Kier molecular flexibility index (Phi) is 3.09. The van der Waals surface area contributed by atoms with Gasteiger partial charge in [0.2, 0.25) is 0 Å². The topological polar surface area (TPSA) is 64.4 Å². The number of nitrogens with zero attached hydrogens (tertiary/aromatic N) is 1. The highest BCUT2D eigenvalue weighted by atomic mass is 16.5. The first-order valence-corrected chi connectivity index (χ1v) is 6.95. The number of carbonyl (C=O) groups is 1. The third kappa shape index (κ3) is 2.97. The minimum atomic E-state index is -0.167. The van der Waals surface area contributed by atoms with Crippen molar-refractivity contribution in [1.29, 1.82) is 0 Å². The predicted octanol–water partition coefficient (Wildman–Crippen LogP) is 2.24. The highest BCUT2D eigenvalue weighted by Gasteiger charge is 2.32. The minimum Gasteiger partial charge on any atom is -0.375 e. The fourth-order valence-corrected chi connectivity index (χ4v) is 2.57. The molecule has 1 amide bonds. The van der Waals surface area contributed by atoms with Crippen molar-refractivity contribution in [3.8, 4) is 0 Å². The summed E-state index contributed by atoms with van der Waals surface area (Å²) in [6.07, 6.45) is 3.96. The zero-order chi connectivity index (χ0) is 13.5. The molecule has 1 aromatic heterocycles. The lowest BCUT2D eigenvalue weighted by atomic mass is 9.94. The Bertz CT molecular complexity index is 477. The summed E-state index contributed by atoms with van der Waals surface area (Å²) in [6.45, 7) is 4.78. The normalized spacial score (nSPS) is 26.1. The third-order valence-corrected chi connectivity index (χ3v) is 3.77. The molecule has 1 unspecified atom stereocenters. The molecule has 0 spiro atoms. The molecule has 3 rings (SSSR count). The van der Waals surface area contributed by atoms with E-state index in [0.717, 1.165) is 31.4 Å². The maximum absolute atomic E-state index is 12.1. The van der Waals surface area contributed by atoms with E-state index in [1.54, 1.807) is 6.07 Å². The number of hydrogen-bond acceptors (Lipinski definition) is 4. The molecule has 1 aliphatic heterocycles. The number of nitrogens with one attached hydrogen (secondary N) is 1. The van der Waals surface area contributed by atoms with Gasteiger partial charge in [-0.3, -0.25) is 4.79 Å². The van der Waals surface area contributed by atoms with E-state index in [1.807, 2.05) is 13.8 Å². The minimum absolute atomic E-state index is 0.140. The SMILES string of the molecule is CC1(C)CC(NC(=O)c2cc(C3CC3)on2)CCO1. The van der Waals surface area contributed by atoms with E-state index >= 15 is 0 Å². The lowest BCUT2D eigenvalue weighted by Gasteiger charge is -2.35. The summed E-state index contributed by atoms with van der Waals surface area (Å²) in [4.78, 5) is 12.1. The number of hydrogen-bond donors (Lipinski definition) is 1. The van der Waals surface area contributed by atoms with Crippen LogP contribution in [0.4, 0.5) is 0 Å². The molecule has 1 aliphatic carbocycles. The fraction of sp³-hybridized carbons (Fsp3) is 0.714. The van der Waals surface area contributed by atoms with E-state index in [9.17, 15) is 4.79 Å². The first-order valence-electron chi connectivity index (χ1n) is 6.95. The van der Waals surface area contributed by atoms with E-state index in [0.29, 0.717) is 18.2 Å². The van der Waals surface area contributed by atoms with Crippen molar-refractivity contribution in [1.82, 2.24) is 10.5 Å². The number of ether oxygens (including phenoxy) is 1. The second kappa shape index (κ2) is 4.63. The van der Waals surface area contributed by atoms with Crippen LogP contribution in [-0.4, -0.2) is 29.3 Å². The summed E-state index contributed by atoms with van der Waals surface area (Å²) in [6, 6.07) is 1.93. The molecule has 2 fully saturated rings. The fourth-order valence-electron chi connectivity index (χ4n) is 2.57. The van der Waals surface area contributed by atoms with Crippen molar-refractivity contribution in [3.63, 3.8) is 0 Å². The van der Waals surface area contributed by atoms with Crippen molar-refractivity contribution in [3.05, 3.63) is 17.5 Å². The highest BCUT2D eigenvalue weighted by molar-refractivity contribution is 5.92. The van der Waals surface area contributed by atoms with E-state index in [2.05, 4.69) is 10.5 Å². The zero-order valence-corrected chi connectivity index (χ0v) is 11.4. The second-order valence-electron chi connectivity index (χ2n) is 6.16. The summed E-state index contributed by atoms with van der Waals surface area (Å²) in [5.74, 6) is 1.19. The second-order valence-corrected chi connectivity index (χ2v) is 6.16. The first kappa shape index (κ1) is 12.7. The van der Waals surface area contributed by atoms with Gasteiger partial charge < -0.3 is 14.6 Å². The third-order valence-electron chi connectivity index (χ3n) is 3.77. The van der Waals surface area contributed by atoms with Gasteiger partial charge in [-0.05, 0) is 39.5 Å². The molecular formula is C14H20N2O3. The average Bonchev–Trinajstić information content (AvgIpc) is 3.05. The van der Waals surface area contributed by atoms with Gasteiger partial charge in [-0.1, -0.05) is 5.16 Å².